The molecule has 1 amide bonds. The second-order valence-corrected chi connectivity index (χ2v) is 5.40. The molecule has 6 heteroatoms. The van der Waals surface area contributed by atoms with Crippen molar-refractivity contribution >= 4 is 28.5 Å². The summed E-state index contributed by atoms with van der Waals surface area (Å²) in [5.41, 5.74) is 5.88. The maximum absolute atomic E-state index is 13.4. The molecule has 2 aromatic rings. The van der Waals surface area contributed by atoms with E-state index in [1.807, 2.05) is 0 Å². The van der Waals surface area contributed by atoms with Gasteiger partial charge in [0.1, 0.15) is 11.6 Å². The van der Waals surface area contributed by atoms with Crippen LogP contribution in [-0.4, -0.2) is 15.5 Å². The normalized spacial score (nSPS) is 12.0. The van der Waals surface area contributed by atoms with Crippen LogP contribution in [0.5, 0.6) is 0 Å². The monoisotopic (exact) mass is 283 g/mol. The number of nitrogens with two attached hydrogens (primary N) is 1. The van der Waals surface area contributed by atoms with Crippen LogP contribution in [0.25, 0.3) is 11.0 Å². The number of hydrogen-bond acceptors (Lipinski definition) is 2. The van der Waals surface area contributed by atoms with Gasteiger partial charge in [0.05, 0.1) is 22.3 Å². The molecule has 1 aromatic carbocycles. The molecule has 2 rings (SSSR count). The summed E-state index contributed by atoms with van der Waals surface area (Å²) in [5, 5.41) is 0. The van der Waals surface area contributed by atoms with Crippen molar-refractivity contribution in [3.8, 4) is 0 Å². The third-order valence-corrected chi connectivity index (χ3v) is 3.37. The van der Waals surface area contributed by atoms with Gasteiger partial charge in [0.15, 0.2) is 0 Å². The smallest absolute Gasteiger partial charge is 0.224 e. The maximum Gasteiger partial charge on any atom is 0.224 e. The molecule has 0 saturated heterocycles. The van der Waals surface area contributed by atoms with Crippen LogP contribution in [0.3, 0.4) is 0 Å². The maximum atomic E-state index is 13.4. The van der Waals surface area contributed by atoms with Crippen LogP contribution in [0.2, 0.25) is 0 Å². The minimum Gasteiger partial charge on any atom is -0.369 e. The Morgan fingerprint density at radius 3 is 2.79 bits per heavy atom. The highest BCUT2D eigenvalue weighted by atomic mass is 35.5. The van der Waals surface area contributed by atoms with E-state index in [1.165, 1.54) is 12.1 Å². The lowest BCUT2D eigenvalue weighted by atomic mass is 9.92. The number of rotatable bonds is 4. The number of carbonyl (C=O) groups excluding carboxylic acids is 1. The molecular weight excluding hydrogens is 269 g/mol. The van der Waals surface area contributed by atoms with E-state index in [-0.39, 0.29) is 11.7 Å². The van der Waals surface area contributed by atoms with Gasteiger partial charge < -0.3 is 10.3 Å². The zero-order valence-electron chi connectivity index (χ0n) is 10.8. The molecule has 102 valence electrons. The molecule has 4 nitrogen and oxygen atoms in total. The summed E-state index contributed by atoms with van der Waals surface area (Å²) in [4.78, 5) is 15.8. The SMILES string of the molecule is CC(C)(Cn1c(CCl)nc2ccc(F)cc21)C(N)=O. The first kappa shape index (κ1) is 13.8. The van der Waals surface area contributed by atoms with E-state index >= 15 is 0 Å². The lowest BCUT2D eigenvalue weighted by molar-refractivity contribution is -0.126. The van der Waals surface area contributed by atoms with Gasteiger partial charge in [-0.1, -0.05) is 0 Å². The highest BCUT2D eigenvalue weighted by Gasteiger charge is 2.27. The van der Waals surface area contributed by atoms with Crippen LogP contribution >= 0.6 is 11.6 Å². The number of aromatic nitrogens is 2. The first-order valence-corrected chi connectivity index (χ1v) is 6.39. The Kier molecular flexibility index (Phi) is 3.49. The van der Waals surface area contributed by atoms with Gasteiger partial charge in [0.25, 0.3) is 0 Å². The summed E-state index contributed by atoms with van der Waals surface area (Å²) in [6, 6.07) is 4.32. The number of imidazole rings is 1. The van der Waals surface area contributed by atoms with Gasteiger partial charge >= 0.3 is 0 Å². The molecule has 0 fully saturated rings. The van der Waals surface area contributed by atoms with Crippen LogP contribution in [0, 0.1) is 11.2 Å². The van der Waals surface area contributed by atoms with Gasteiger partial charge in [0.2, 0.25) is 5.91 Å². The molecule has 0 radical (unpaired) electrons. The van der Waals surface area contributed by atoms with E-state index in [4.69, 9.17) is 17.3 Å². The lowest BCUT2D eigenvalue weighted by Crippen LogP contribution is -2.35. The van der Waals surface area contributed by atoms with Crippen LogP contribution in [0.4, 0.5) is 4.39 Å². The fourth-order valence-corrected chi connectivity index (χ4v) is 2.10. The number of nitrogens with zero attached hydrogens (tertiary/aromatic N) is 2. The van der Waals surface area contributed by atoms with E-state index in [0.717, 1.165) is 0 Å². The van der Waals surface area contributed by atoms with Gasteiger partial charge in [0, 0.05) is 6.54 Å². The Balaban J connectivity index is 2.57. The standard InChI is InChI=1S/C13H15ClFN3O/c1-13(2,12(16)19)7-18-10-5-8(15)3-4-9(10)17-11(18)6-14/h3-5H,6-7H2,1-2H3,(H2,16,19). The summed E-state index contributed by atoms with van der Waals surface area (Å²) >= 11 is 5.86. The predicted molar refractivity (Wildman–Crippen MR) is 72.2 cm³/mol. The van der Waals surface area contributed by atoms with E-state index in [0.29, 0.717) is 23.4 Å². The molecule has 1 aromatic heterocycles. The topological polar surface area (TPSA) is 60.9 Å². The number of benzene rings is 1. The molecule has 0 saturated carbocycles. The Hall–Kier alpha value is -1.62. The highest BCUT2D eigenvalue weighted by molar-refractivity contribution is 6.16. The summed E-state index contributed by atoms with van der Waals surface area (Å²) in [6.07, 6.45) is 0. The second kappa shape index (κ2) is 4.81. The zero-order valence-corrected chi connectivity index (χ0v) is 11.5. The average molecular weight is 284 g/mol. The van der Waals surface area contributed by atoms with Gasteiger partial charge in [-0.3, -0.25) is 4.79 Å². The molecule has 0 spiro atoms. The van der Waals surface area contributed by atoms with Crippen molar-refractivity contribution in [2.75, 3.05) is 0 Å². The third kappa shape index (κ3) is 2.56. The summed E-state index contributed by atoms with van der Waals surface area (Å²) in [7, 11) is 0. The van der Waals surface area contributed by atoms with E-state index < -0.39 is 11.3 Å². The van der Waals surface area contributed by atoms with E-state index in [1.54, 1.807) is 24.5 Å². The molecule has 0 aliphatic carbocycles. The van der Waals surface area contributed by atoms with Gasteiger partial charge in [-0.05, 0) is 32.0 Å². The molecule has 0 unspecified atom stereocenters. The third-order valence-electron chi connectivity index (χ3n) is 3.13. The second-order valence-electron chi connectivity index (χ2n) is 5.13. The van der Waals surface area contributed by atoms with Gasteiger partial charge in [-0.25, -0.2) is 9.37 Å². The summed E-state index contributed by atoms with van der Waals surface area (Å²) in [6.45, 7) is 3.78. The quantitative estimate of drug-likeness (QED) is 0.876. The van der Waals surface area contributed by atoms with Crippen molar-refractivity contribution in [1.29, 1.82) is 0 Å². The predicted octanol–water partition coefficient (Wildman–Crippen LogP) is 2.43. The van der Waals surface area contributed by atoms with Crippen LogP contribution in [0.15, 0.2) is 18.2 Å². The Labute approximate surface area is 115 Å². The van der Waals surface area contributed by atoms with Gasteiger partial charge in [-0.15, -0.1) is 11.6 Å². The first-order valence-electron chi connectivity index (χ1n) is 5.85. The molecule has 2 N–H and O–H groups in total. The van der Waals surface area contributed by atoms with E-state index in [2.05, 4.69) is 4.98 Å². The molecule has 0 bridgehead atoms. The molecular formula is C13H15ClFN3O. The molecule has 0 aliphatic heterocycles. The first-order chi connectivity index (χ1) is 8.85. The number of primary amides is 1. The number of amides is 1. The molecule has 0 atom stereocenters. The lowest BCUT2D eigenvalue weighted by Gasteiger charge is -2.22. The minimum atomic E-state index is -0.763. The number of alkyl halides is 1. The van der Waals surface area contributed by atoms with Crippen molar-refractivity contribution in [3.63, 3.8) is 0 Å². The highest BCUT2D eigenvalue weighted by Crippen LogP contribution is 2.25. The van der Waals surface area contributed by atoms with Crippen LogP contribution in [-0.2, 0) is 17.2 Å². The number of hydrogen-bond donors (Lipinski definition) is 1. The van der Waals surface area contributed by atoms with Crippen molar-refractivity contribution in [1.82, 2.24) is 9.55 Å². The molecule has 1 heterocycles. The van der Waals surface area contributed by atoms with Crippen molar-refractivity contribution in [2.45, 2.75) is 26.3 Å². The Bertz CT molecular complexity index is 636. The summed E-state index contributed by atoms with van der Waals surface area (Å²) in [5.74, 6) is 0.0000268. The van der Waals surface area contributed by atoms with Crippen molar-refractivity contribution in [2.24, 2.45) is 11.1 Å². The van der Waals surface area contributed by atoms with Crippen LogP contribution < -0.4 is 5.73 Å². The van der Waals surface area contributed by atoms with Crippen molar-refractivity contribution < 1.29 is 9.18 Å². The fourth-order valence-electron chi connectivity index (χ4n) is 1.90. The van der Waals surface area contributed by atoms with Gasteiger partial charge in [-0.2, -0.15) is 0 Å². The minimum absolute atomic E-state index is 0.186. The Morgan fingerprint density at radius 1 is 1.53 bits per heavy atom. The Morgan fingerprint density at radius 2 is 2.21 bits per heavy atom. The molecule has 0 aliphatic rings. The number of halogens is 2. The van der Waals surface area contributed by atoms with Crippen molar-refractivity contribution in [3.05, 3.63) is 29.8 Å². The zero-order chi connectivity index (χ0) is 14.2. The fraction of sp³-hybridized carbons (Fsp3) is 0.385. The number of fused-ring (bicyclic) bond motifs is 1. The summed E-state index contributed by atoms with van der Waals surface area (Å²) < 4.78 is 15.1. The number of carbonyl (C=O) groups is 1. The molecule has 19 heavy (non-hydrogen) atoms. The largest absolute Gasteiger partial charge is 0.369 e. The van der Waals surface area contributed by atoms with Crippen LogP contribution in [0.1, 0.15) is 19.7 Å². The van der Waals surface area contributed by atoms with E-state index in [9.17, 15) is 9.18 Å². The average Bonchev–Trinajstić information content (AvgIpc) is 2.66.